The summed E-state index contributed by atoms with van der Waals surface area (Å²) in [5.41, 5.74) is -1.20. The molecular weight excluding hydrogens is 1230 g/mol. The molecule has 31 heteroatoms. The number of halogens is 1. The molecule has 2 aromatic carbocycles. The van der Waals surface area contributed by atoms with Gasteiger partial charge in [-0.15, -0.1) is 31.5 Å². The lowest BCUT2D eigenvalue weighted by molar-refractivity contribution is -0.137. The summed E-state index contributed by atoms with van der Waals surface area (Å²) in [6.07, 6.45) is 3.24. The zero-order chi connectivity index (χ0) is 61.8. The third-order valence-corrected chi connectivity index (χ3v) is 19.6. The second kappa shape index (κ2) is 27.0. The van der Waals surface area contributed by atoms with Gasteiger partial charge in [-0.2, -0.15) is 27.0 Å². The van der Waals surface area contributed by atoms with Crippen LogP contribution >= 0.6 is 34.3 Å². The summed E-state index contributed by atoms with van der Waals surface area (Å²) in [6, 6.07) is 15.0. The Morgan fingerprint density at radius 2 is 1.06 bits per heavy atom. The van der Waals surface area contributed by atoms with E-state index in [-0.39, 0.29) is 116 Å². The normalized spacial score (nSPS) is 14.0. The molecule has 0 spiro atoms. The molecule has 0 saturated heterocycles. The molecule has 0 unspecified atom stereocenters. The van der Waals surface area contributed by atoms with Crippen molar-refractivity contribution in [1.29, 1.82) is 0 Å². The van der Waals surface area contributed by atoms with Crippen LogP contribution < -0.4 is 35.1 Å². The first-order chi connectivity index (χ1) is 38.5. The topological polar surface area (TPSA) is 325 Å². The average molecular weight is 1300 g/mol. The Labute approximate surface area is 502 Å². The smallest absolute Gasteiger partial charge is 0.313 e. The molecule has 0 amide bonds. The minimum Gasteiger partial charge on any atom is -0.505 e. The number of aryl methyl sites for hydroxylation is 2. The zero-order valence-corrected chi connectivity index (χ0v) is 52.9. The van der Waals surface area contributed by atoms with E-state index in [9.17, 15) is 58.0 Å². The van der Waals surface area contributed by atoms with Crippen molar-refractivity contribution < 1.29 is 53.1 Å². The molecule has 3 N–H and O–H groups in total. The first-order valence-corrected chi connectivity index (χ1v) is 34.1. The monoisotopic (exact) mass is 1290 g/mol. The minimum atomic E-state index is -4.43. The number of rotatable bonds is 17. The molecule has 2 aliphatic rings. The fraction of sp³-hybridized carbons (Fsp3) is 0.396. The number of aromatic hydroxyl groups is 1. The van der Waals surface area contributed by atoms with Gasteiger partial charge in [0.2, 0.25) is 25.3 Å². The summed E-state index contributed by atoms with van der Waals surface area (Å²) >= 11 is 7.60. The summed E-state index contributed by atoms with van der Waals surface area (Å²) in [4.78, 5) is 50.6. The molecule has 456 valence electrons. The highest BCUT2D eigenvalue weighted by Gasteiger charge is 2.35. The number of amidine groups is 2. The number of nitrogens with one attached hydrogen (secondary N) is 2. The lowest BCUT2D eigenvalue weighted by Gasteiger charge is -2.23. The molecule has 8 rings (SSSR count). The second-order valence-electron chi connectivity index (χ2n) is 20.4. The third kappa shape index (κ3) is 15.9. The number of aromatic nitrogens is 4. The molecule has 6 aromatic rings. The largest absolute Gasteiger partial charge is 0.505 e. The van der Waals surface area contributed by atoms with E-state index in [1.165, 1.54) is 82.5 Å². The van der Waals surface area contributed by atoms with Crippen LogP contribution in [0.3, 0.4) is 0 Å². The standard InChI is InChI=1S/C26H31N5O7S3.C22H25N5O6S3.C4H7ClO.CH4/c1-15(2)11-12-31-25(32)21(23(38-26(33)16(3)4)22(28-31)19-8-7-13-39-19)24-27-18-10-9-17(30(5)40(6,34)35)14-20(18)41(36,37)29-24;1-13(2)9-10-27-22(29)18(20(28)19(24-27)16-6-5-11-34-16)21-23-15-8-7-14(26(3)35(4,30)31)12-17(15)36(32,33)25-21;1-3(2)4(5)6;/h7-10,13-16H,11-12H2,1-6H3,(H,27,29);5-8,11-13,28H,9-10H2,1-4H3,(H,23,25);3H,1-2H3;1H4. The summed E-state index contributed by atoms with van der Waals surface area (Å²) in [5.74, 6) is -2.06. The highest BCUT2D eigenvalue weighted by Crippen LogP contribution is 2.39. The maximum atomic E-state index is 13.9. The van der Waals surface area contributed by atoms with E-state index < -0.39 is 68.8 Å². The highest BCUT2D eigenvalue weighted by molar-refractivity contribution is 7.92. The maximum absolute atomic E-state index is 13.9. The molecular formula is C53H67ClN10O14S6. The molecule has 0 bridgehead atoms. The Morgan fingerprint density at radius 3 is 1.43 bits per heavy atom. The summed E-state index contributed by atoms with van der Waals surface area (Å²) < 4.78 is 119. The molecule has 6 heterocycles. The number of carbonyl (C=O) groups excluding carboxylic acids is 2. The Kier molecular flexibility index (Phi) is 21.9. The first-order valence-electron chi connectivity index (χ1n) is 25.4. The quantitative estimate of drug-likeness (QED) is 0.0571. The molecule has 84 heavy (non-hydrogen) atoms. The van der Waals surface area contributed by atoms with Gasteiger partial charge in [0.05, 0.1) is 50.9 Å². The van der Waals surface area contributed by atoms with Gasteiger partial charge in [-0.1, -0.05) is 74.9 Å². The van der Waals surface area contributed by atoms with Crippen molar-refractivity contribution in [1.82, 2.24) is 19.6 Å². The number of carbonyl (C=O) groups is 2. The number of anilines is 4. The van der Waals surface area contributed by atoms with Gasteiger partial charge < -0.3 is 20.5 Å². The molecule has 0 atom stereocenters. The molecule has 0 fully saturated rings. The number of ether oxygens (including phenoxy) is 1. The third-order valence-electron chi connectivity index (χ3n) is 12.3. The number of hydrogen-bond acceptors (Lipinski definition) is 20. The lowest BCUT2D eigenvalue weighted by atomic mass is 10.1. The maximum Gasteiger partial charge on any atom is 0.313 e. The Balaban J connectivity index is 0.000000279. The Bertz CT molecular complexity index is 4110. The van der Waals surface area contributed by atoms with Crippen LogP contribution in [0.4, 0.5) is 22.7 Å². The zero-order valence-electron chi connectivity index (χ0n) is 47.2. The van der Waals surface area contributed by atoms with Crippen molar-refractivity contribution in [2.75, 3.05) is 45.9 Å². The van der Waals surface area contributed by atoms with Crippen LogP contribution in [0, 0.1) is 23.7 Å². The summed E-state index contributed by atoms with van der Waals surface area (Å²) in [5, 5.41) is 29.0. The fourth-order valence-electron chi connectivity index (χ4n) is 7.36. The number of nitrogens with zero attached hydrogens (tertiary/aromatic N) is 8. The Hall–Kier alpha value is -6.83. The van der Waals surface area contributed by atoms with E-state index >= 15 is 0 Å². The number of hydrogen-bond donors (Lipinski definition) is 3. The van der Waals surface area contributed by atoms with E-state index in [0.717, 1.165) is 21.1 Å². The van der Waals surface area contributed by atoms with Gasteiger partial charge in [0.1, 0.15) is 32.3 Å². The fourth-order valence-corrected chi connectivity index (χ4v) is 12.1. The average Bonchev–Trinajstić information content (AvgIpc) is 2.35. The van der Waals surface area contributed by atoms with Crippen molar-refractivity contribution in [3.8, 4) is 32.6 Å². The summed E-state index contributed by atoms with van der Waals surface area (Å²) in [6.45, 7) is 15.3. The number of sulfonamides is 4. The minimum absolute atomic E-state index is 0. The van der Waals surface area contributed by atoms with Crippen molar-refractivity contribution in [2.45, 2.75) is 98.5 Å². The van der Waals surface area contributed by atoms with Gasteiger partial charge in [-0.3, -0.25) is 27.8 Å². The van der Waals surface area contributed by atoms with Crippen LogP contribution in [0.15, 0.2) is 99.6 Å². The van der Waals surface area contributed by atoms with Gasteiger partial charge in [-0.05, 0) is 95.6 Å². The van der Waals surface area contributed by atoms with Gasteiger partial charge in [0.15, 0.2) is 23.2 Å². The van der Waals surface area contributed by atoms with Crippen LogP contribution in [-0.4, -0.2) is 108 Å². The van der Waals surface area contributed by atoms with E-state index in [1.54, 1.807) is 62.7 Å². The van der Waals surface area contributed by atoms with Crippen molar-refractivity contribution in [2.24, 2.45) is 32.5 Å². The number of fused-ring (bicyclic) bond motifs is 2. The SMILES string of the molecule is C.CC(C)C(=O)Cl.CC(C)CCn1nc(-c2cccs2)c(O)c(C2=NS(=O)(=O)c3cc(N(C)S(C)(=O)=O)ccc3N2)c1=O.CC(C)CCn1nc(-c2cccs2)c(OC(=O)C(C)C)c(C2=NS(=O)(=O)c3cc(N(C)S(C)(=O)=O)ccc3N2)c1=O. The van der Waals surface area contributed by atoms with E-state index in [2.05, 4.69) is 29.6 Å². The predicted molar refractivity (Wildman–Crippen MR) is 331 cm³/mol. The number of benzene rings is 2. The van der Waals surface area contributed by atoms with Crippen molar-refractivity contribution in [3.05, 3.63) is 103 Å². The van der Waals surface area contributed by atoms with Gasteiger partial charge in [-0.25, -0.2) is 26.2 Å². The Morgan fingerprint density at radius 1 is 0.667 bits per heavy atom. The van der Waals surface area contributed by atoms with Crippen LogP contribution in [0.25, 0.3) is 21.1 Å². The van der Waals surface area contributed by atoms with Gasteiger partial charge >= 0.3 is 5.97 Å². The van der Waals surface area contributed by atoms with E-state index in [4.69, 9.17) is 16.3 Å². The van der Waals surface area contributed by atoms with Gasteiger partial charge in [0, 0.05) is 33.1 Å². The van der Waals surface area contributed by atoms with E-state index in [0.29, 0.717) is 22.6 Å². The number of esters is 1. The van der Waals surface area contributed by atoms with Crippen molar-refractivity contribution >= 4 is 120 Å². The van der Waals surface area contributed by atoms with Crippen LogP contribution in [-0.2, 0) is 62.8 Å². The summed E-state index contributed by atoms with van der Waals surface area (Å²) in [7, 11) is -13.5. The molecule has 24 nitrogen and oxygen atoms in total. The van der Waals surface area contributed by atoms with Crippen LogP contribution in [0.1, 0.15) is 86.8 Å². The van der Waals surface area contributed by atoms with E-state index in [1.807, 2.05) is 27.7 Å². The second-order valence-corrected chi connectivity index (χ2v) is 29.9. The molecule has 4 aromatic heterocycles. The molecule has 0 saturated carbocycles. The van der Waals surface area contributed by atoms with Gasteiger partial charge in [0.25, 0.3) is 31.2 Å². The lowest BCUT2D eigenvalue weighted by Crippen LogP contribution is -2.36. The molecule has 0 radical (unpaired) electrons. The number of thiophene rings is 2. The first kappa shape index (κ1) is 68.0. The molecule has 0 aliphatic carbocycles. The van der Waals surface area contributed by atoms with Crippen LogP contribution in [0.5, 0.6) is 11.5 Å². The molecule has 2 aliphatic heterocycles. The van der Waals surface area contributed by atoms with Crippen LogP contribution in [0.2, 0.25) is 0 Å². The van der Waals surface area contributed by atoms with Crippen molar-refractivity contribution in [3.63, 3.8) is 0 Å². The predicted octanol–water partition coefficient (Wildman–Crippen LogP) is 8.26. The highest BCUT2D eigenvalue weighted by atomic mass is 35.5.